The second-order valence-electron chi connectivity index (χ2n) is 6.72. The van der Waals surface area contributed by atoms with Crippen molar-refractivity contribution in [2.75, 3.05) is 11.9 Å². The van der Waals surface area contributed by atoms with Crippen LogP contribution in [0.1, 0.15) is 22.8 Å². The number of carbonyl (C=O) groups is 1. The summed E-state index contributed by atoms with van der Waals surface area (Å²) in [6.45, 7) is 4.53. The number of aryl methyl sites for hydroxylation is 1. The normalized spacial score (nSPS) is 10.7. The van der Waals surface area contributed by atoms with Crippen molar-refractivity contribution in [1.82, 2.24) is 10.2 Å². The van der Waals surface area contributed by atoms with Gasteiger partial charge in [-0.25, -0.2) is 0 Å². The summed E-state index contributed by atoms with van der Waals surface area (Å²) in [5, 5.41) is 12.5. The van der Waals surface area contributed by atoms with E-state index >= 15 is 0 Å². The number of hydrogen-bond donors (Lipinski definition) is 1. The van der Waals surface area contributed by atoms with E-state index < -0.39 is 0 Å². The van der Waals surface area contributed by atoms with Crippen molar-refractivity contribution in [2.24, 2.45) is 0 Å². The molecular formula is C24H21N3O2. The van der Waals surface area contributed by atoms with E-state index in [1.165, 1.54) is 0 Å². The van der Waals surface area contributed by atoms with Crippen molar-refractivity contribution in [3.63, 3.8) is 0 Å². The SMILES string of the molecule is CCOc1ccc(NC(=O)c2c(-c3ccccc3)nnc3ccc(C)cc23)cc1. The van der Waals surface area contributed by atoms with Crippen LogP contribution in [0.25, 0.3) is 22.2 Å². The predicted octanol–water partition coefficient (Wildman–Crippen LogP) is 5.26. The highest BCUT2D eigenvalue weighted by atomic mass is 16.5. The fourth-order valence-corrected chi connectivity index (χ4v) is 3.24. The molecule has 4 rings (SSSR count). The van der Waals surface area contributed by atoms with Crippen LogP contribution in [0, 0.1) is 6.92 Å². The number of anilines is 1. The van der Waals surface area contributed by atoms with Gasteiger partial charge in [0.2, 0.25) is 0 Å². The van der Waals surface area contributed by atoms with Crippen molar-refractivity contribution in [3.05, 3.63) is 83.9 Å². The van der Waals surface area contributed by atoms with Crippen molar-refractivity contribution < 1.29 is 9.53 Å². The molecule has 144 valence electrons. The first-order chi connectivity index (χ1) is 14.2. The van der Waals surface area contributed by atoms with E-state index in [2.05, 4.69) is 15.5 Å². The quantitative estimate of drug-likeness (QED) is 0.511. The van der Waals surface area contributed by atoms with Crippen LogP contribution in [-0.4, -0.2) is 22.7 Å². The zero-order valence-electron chi connectivity index (χ0n) is 16.3. The fraction of sp³-hybridized carbons (Fsp3) is 0.125. The zero-order chi connectivity index (χ0) is 20.2. The lowest BCUT2D eigenvalue weighted by Crippen LogP contribution is -2.15. The van der Waals surface area contributed by atoms with Gasteiger partial charge in [0.1, 0.15) is 11.4 Å². The van der Waals surface area contributed by atoms with Gasteiger partial charge < -0.3 is 10.1 Å². The highest BCUT2D eigenvalue weighted by Gasteiger charge is 2.19. The number of carbonyl (C=O) groups excluding carboxylic acids is 1. The minimum absolute atomic E-state index is 0.224. The monoisotopic (exact) mass is 383 g/mol. The molecule has 0 unspecified atom stereocenters. The van der Waals surface area contributed by atoms with Crippen LogP contribution >= 0.6 is 0 Å². The minimum Gasteiger partial charge on any atom is -0.494 e. The first kappa shape index (κ1) is 18.6. The molecule has 29 heavy (non-hydrogen) atoms. The smallest absolute Gasteiger partial charge is 0.258 e. The first-order valence-electron chi connectivity index (χ1n) is 9.52. The average Bonchev–Trinajstić information content (AvgIpc) is 2.75. The Bertz CT molecular complexity index is 1160. The van der Waals surface area contributed by atoms with E-state index in [0.717, 1.165) is 22.3 Å². The minimum atomic E-state index is -0.224. The molecule has 1 heterocycles. The number of nitrogens with zero attached hydrogens (tertiary/aromatic N) is 2. The lowest BCUT2D eigenvalue weighted by Gasteiger charge is -2.13. The van der Waals surface area contributed by atoms with Gasteiger partial charge in [-0.3, -0.25) is 4.79 Å². The van der Waals surface area contributed by atoms with Crippen LogP contribution in [0.15, 0.2) is 72.8 Å². The number of ether oxygens (including phenoxy) is 1. The molecule has 0 bridgehead atoms. The van der Waals surface area contributed by atoms with E-state index in [1.807, 2.05) is 86.6 Å². The largest absolute Gasteiger partial charge is 0.494 e. The molecule has 1 aromatic heterocycles. The van der Waals surface area contributed by atoms with Gasteiger partial charge in [0.25, 0.3) is 5.91 Å². The van der Waals surface area contributed by atoms with Gasteiger partial charge in [0, 0.05) is 16.6 Å². The van der Waals surface area contributed by atoms with Crippen molar-refractivity contribution in [1.29, 1.82) is 0 Å². The Kier molecular flexibility index (Phi) is 5.20. The Morgan fingerprint density at radius 1 is 0.966 bits per heavy atom. The molecule has 4 aromatic rings. The molecule has 0 spiro atoms. The number of hydrogen-bond acceptors (Lipinski definition) is 4. The topological polar surface area (TPSA) is 64.1 Å². The number of aromatic nitrogens is 2. The maximum absolute atomic E-state index is 13.3. The third-order valence-electron chi connectivity index (χ3n) is 4.61. The van der Waals surface area contributed by atoms with Crippen molar-refractivity contribution >= 4 is 22.5 Å². The summed E-state index contributed by atoms with van der Waals surface area (Å²) in [5.74, 6) is 0.542. The molecule has 5 heteroatoms. The van der Waals surface area contributed by atoms with Crippen LogP contribution in [-0.2, 0) is 0 Å². The molecule has 0 saturated carbocycles. The third kappa shape index (κ3) is 3.94. The summed E-state index contributed by atoms with van der Waals surface area (Å²) < 4.78 is 5.47. The highest BCUT2D eigenvalue weighted by molar-refractivity contribution is 6.16. The Morgan fingerprint density at radius 3 is 2.45 bits per heavy atom. The third-order valence-corrected chi connectivity index (χ3v) is 4.61. The van der Waals surface area contributed by atoms with Crippen LogP contribution in [0.5, 0.6) is 5.75 Å². The van der Waals surface area contributed by atoms with Gasteiger partial charge in [-0.05, 0) is 50.2 Å². The molecule has 0 atom stereocenters. The molecule has 0 saturated heterocycles. The van der Waals surface area contributed by atoms with Gasteiger partial charge in [-0.15, -0.1) is 10.2 Å². The molecule has 0 radical (unpaired) electrons. The summed E-state index contributed by atoms with van der Waals surface area (Å²) in [7, 11) is 0. The number of rotatable bonds is 5. The van der Waals surface area contributed by atoms with Crippen LogP contribution in [0.4, 0.5) is 5.69 Å². The Balaban J connectivity index is 1.79. The van der Waals surface area contributed by atoms with Crippen LogP contribution < -0.4 is 10.1 Å². The van der Waals surface area contributed by atoms with Gasteiger partial charge in [0.15, 0.2) is 0 Å². The lowest BCUT2D eigenvalue weighted by atomic mass is 10.00. The summed E-state index contributed by atoms with van der Waals surface area (Å²) in [4.78, 5) is 13.3. The number of nitrogens with one attached hydrogen (secondary N) is 1. The van der Waals surface area contributed by atoms with E-state index in [4.69, 9.17) is 4.74 Å². The molecule has 0 aliphatic heterocycles. The second kappa shape index (κ2) is 8.10. The summed E-state index contributed by atoms with van der Waals surface area (Å²) in [6.07, 6.45) is 0. The van der Waals surface area contributed by atoms with E-state index in [1.54, 1.807) is 0 Å². The maximum Gasteiger partial charge on any atom is 0.258 e. The van der Waals surface area contributed by atoms with Gasteiger partial charge in [-0.2, -0.15) is 0 Å². The number of fused-ring (bicyclic) bond motifs is 1. The van der Waals surface area contributed by atoms with Gasteiger partial charge >= 0.3 is 0 Å². The number of amides is 1. The molecular weight excluding hydrogens is 362 g/mol. The number of benzene rings is 3. The first-order valence-corrected chi connectivity index (χ1v) is 9.52. The maximum atomic E-state index is 13.3. The van der Waals surface area contributed by atoms with Gasteiger partial charge in [-0.1, -0.05) is 42.0 Å². The highest BCUT2D eigenvalue weighted by Crippen LogP contribution is 2.28. The lowest BCUT2D eigenvalue weighted by molar-refractivity contribution is 0.102. The van der Waals surface area contributed by atoms with Crippen molar-refractivity contribution in [3.8, 4) is 17.0 Å². The van der Waals surface area contributed by atoms with E-state index in [9.17, 15) is 4.79 Å². The average molecular weight is 383 g/mol. The molecule has 1 amide bonds. The Labute approximate surface area is 169 Å². The molecule has 0 aliphatic rings. The summed E-state index contributed by atoms with van der Waals surface area (Å²) in [5.41, 5.74) is 4.35. The Hall–Kier alpha value is -3.73. The van der Waals surface area contributed by atoms with Crippen LogP contribution in [0.3, 0.4) is 0 Å². The molecule has 1 N–H and O–H groups in total. The van der Waals surface area contributed by atoms with E-state index in [0.29, 0.717) is 29.1 Å². The predicted molar refractivity (Wildman–Crippen MR) is 115 cm³/mol. The molecule has 5 nitrogen and oxygen atoms in total. The molecule has 3 aromatic carbocycles. The summed E-state index contributed by atoms with van der Waals surface area (Å²) >= 11 is 0. The van der Waals surface area contributed by atoms with E-state index in [-0.39, 0.29) is 5.91 Å². The van der Waals surface area contributed by atoms with Crippen molar-refractivity contribution in [2.45, 2.75) is 13.8 Å². The molecule has 0 fully saturated rings. The standard InChI is InChI=1S/C24H21N3O2/c1-3-29-19-12-10-18(11-13-19)25-24(28)22-20-15-16(2)9-14-21(20)26-27-23(22)17-7-5-4-6-8-17/h4-15H,3H2,1-2H3,(H,25,28). The fourth-order valence-electron chi connectivity index (χ4n) is 3.24. The second-order valence-corrected chi connectivity index (χ2v) is 6.72. The molecule has 0 aliphatic carbocycles. The van der Waals surface area contributed by atoms with Crippen LogP contribution in [0.2, 0.25) is 0 Å². The zero-order valence-corrected chi connectivity index (χ0v) is 16.3. The Morgan fingerprint density at radius 2 is 1.72 bits per heavy atom. The summed E-state index contributed by atoms with van der Waals surface area (Å²) in [6, 6.07) is 22.8. The van der Waals surface area contributed by atoms with Gasteiger partial charge in [0.05, 0.1) is 17.7 Å².